The first-order valence-corrected chi connectivity index (χ1v) is 7.79. The second kappa shape index (κ2) is 5.57. The van der Waals surface area contributed by atoms with Gasteiger partial charge in [0.1, 0.15) is 6.04 Å². The predicted molar refractivity (Wildman–Crippen MR) is 90.4 cm³/mol. The van der Waals surface area contributed by atoms with Crippen molar-refractivity contribution in [3.63, 3.8) is 0 Å². The van der Waals surface area contributed by atoms with Crippen molar-refractivity contribution in [2.45, 2.75) is 19.4 Å². The Kier molecular flexibility index (Phi) is 3.74. The maximum atomic E-state index is 12.8. The lowest BCUT2D eigenvalue weighted by Crippen LogP contribution is -2.30. The molecule has 0 fully saturated rings. The molecule has 0 amide bonds. The highest BCUT2D eigenvalue weighted by molar-refractivity contribution is 9.10. The van der Waals surface area contributed by atoms with Crippen molar-refractivity contribution in [2.75, 3.05) is 0 Å². The Bertz CT molecular complexity index is 946. The molecule has 1 heterocycles. The molecule has 5 heteroatoms. The quantitative estimate of drug-likeness (QED) is 0.720. The Labute approximate surface area is 135 Å². The van der Waals surface area contributed by atoms with Crippen LogP contribution >= 0.6 is 15.9 Å². The van der Waals surface area contributed by atoms with E-state index in [9.17, 15) is 14.7 Å². The maximum Gasteiger partial charge on any atom is 0.326 e. The number of nitrogens with zero attached hydrogens (tertiary/aromatic N) is 1. The number of carbonyl (C=O) groups is 1. The van der Waals surface area contributed by atoms with Gasteiger partial charge in [0.25, 0.3) is 5.56 Å². The van der Waals surface area contributed by atoms with Crippen molar-refractivity contribution in [1.82, 2.24) is 4.57 Å². The molecular formula is C17H14BrNO3. The van der Waals surface area contributed by atoms with E-state index in [4.69, 9.17) is 0 Å². The normalized spacial score (nSPS) is 12.6. The van der Waals surface area contributed by atoms with Crippen molar-refractivity contribution < 1.29 is 9.90 Å². The molecular weight excluding hydrogens is 346 g/mol. The summed E-state index contributed by atoms with van der Waals surface area (Å²) in [5.41, 5.74) is 0.376. The molecule has 0 bridgehead atoms. The Hall–Kier alpha value is -2.14. The predicted octanol–water partition coefficient (Wildman–Crippen LogP) is 3.95. The van der Waals surface area contributed by atoms with Crippen LogP contribution < -0.4 is 5.56 Å². The van der Waals surface area contributed by atoms with E-state index < -0.39 is 12.0 Å². The largest absolute Gasteiger partial charge is 0.480 e. The van der Waals surface area contributed by atoms with Crippen LogP contribution in [0.5, 0.6) is 0 Å². The molecule has 0 spiro atoms. The molecule has 2 aromatic carbocycles. The molecule has 0 saturated carbocycles. The van der Waals surface area contributed by atoms with Gasteiger partial charge in [-0.05, 0) is 36.1 Å². The number of aliphatic carboxylic acids is 1. The van der Waals surface area contributed by atoms with Gasteiger partial charge in [0.05, 0.1) is 5.52 Å². The van der Waals surface area contributed by atoms with Crippen LogP contribution in [0.2, 0.25) is 0 Å². The minimum Gasteiger partial charge on any atom is -0.480 e. The molecule has 0 aliphatic heterocycles. The number of benzene rings is 2. The van der Waals surface area contributed by atoms with E-state index in [2.05, 4.69) is 15.9 Å². The molecule has 1 N–H and O–H groups in total. The number of fused-ring (bicyclic) bond motifs is 3. The van der Waals surface area contributed by atoms with Crippen LogP contribution in [0.25, 0.3) is 21.7 Å². The van der Waals surface area contributed by atoms with Crippen LogP contribution in [0.15, 0.2) is 51.7 Å². The molecule has 4 nitrogen and oxygen atoms in total. The number of carboxylic acid groups (broad SMARTS) is 1. The molecule has 1 aromatic heterocycles. The number of carboxylic acids is 1. The molecule has 0 radical (unpaired) electrons. The Balaban J connectivity index is 2.56. The first-order chi connectivity index (χ1) is 10.5. The van der Waals surface area contributed by atoms with Gasteiger partial charge in [-0.25, -0.2) is 4.79 Å². The zero-order valence-corrected chi connectivity index (χ0v) is 13.5. The molecule has 3 rings (SSSR count). The summed E-state index contributed by atoms with van der Waals surface area (Å²) in [5.74, 6) is -0.996. The second-order valence-corrected chi connectivity index (χ2v) is 6.06. The Morgan fingerprint density at radius 3 is 2.50 bits per heavy atom. The van der Waals surface area contributed by atoms with Gasteiger partial charge in [0.2, 0.25) is 0 Å². The van der Waals surface area contributed by atoms with Crippen LogP contribution in [0, 0.1) is 0 Å². The fourth-order valence-electron chi connectivity index (χ4n) is 2.85. The Morgan fingerprint density at radius 2 is 1.86 bits per heavy atom. The third-order valence-corrected chi connectivity index (χ3v) is 4.36. The van der Waals surface area contributed by atoms with Gasteiger partial charge < -0.3 is 5.11 Å². The van der Waals surface area contributed by atoms with Crippen LogP contribution in [0.3, 0.4) is 0 Å². The number of halogens is 1. The summed E-state index contributed by atoms with van der Waals surface area (Å²) in [6, 6.07) is 11.9. The standard InChI is InChI=1S/C17H14BrNO3/c1-2-14(17(21)22)19-15-8-7-10(18)9-13(15)11-5-3-4-6-12(11)16(19)20/h3-9,14H,2H2,1H3,(H,21,22). The highest BCUT2D eigenvalue weighted by atomic mass is 79.9. The summed E-state index contributed by atoms with van der Waals surface area (Å²) in [6.45, 7) is 1.77. The van der Waals surface area contributed by atoms with Gasteiger partial charge in [0, 0.05) is 15.2 Å². The van der Waals surface area contributed by atoms with Crippen molar-refractivity contribution in [2.24, 2.45) is 0 Å². The monoisotopic (exact) mass is 359 g/mol. The smallest absolute Gasteiger partial charge is 0.326 e. The average molecular weight is 360 g/mol. The van der Waals surface area contributed by atoms with Crippen molar-refractivity contribution in [3.05, 3.63) is 57.3 Å². The maximum absolute atomic E-state index is 12.8. The highest BCUT2D eigenvalue weighted by Gasteiger charge is 2.22. The molecule has 0 aliphatic carbocycles. The molecule has 22 heavy (non-hydrogen) atoms. The number of aromatic nitrogens is 1. The minimum atomic E-state index is -0.996. The van der Waals surface area contributed by atoms with Gasteiger partial charge in [-0.1, -0.05) is 41.1 Å². The first-order valence-electron chi connectivity index (χ1n) is 7.00. The van der Waals surface area contributed by atoms with E-state index in [0.717, 1.165) is 15.2 Å². The van der Waals surface area contributed by atoms with Crippen LogP contribution in [0.1, 0.15) is 19.4 Å². The minimum absolute atomic E-state index is 0.264. The van der Waals surface area contributed by atoms with Crippen LogP contribution in [-0.4, -0.2) is 15.6 Å². The fourth-order valence-corrected chi connectivity index (χ4v) is 3.22. The third kappa shape index (κ3) is 2.22. The highest BCUT2D eigenvalue weighted by Crippen LogP contribution is 2.28. The average Bonchev–Trinajstić information content (AvgIpc) is 2.51. The summed E-state index contributed by atoms with van der Waals surface area (Å²) >= 11 is 3.44. The van der Waals surface area contributed by atoms with E-state index >= 15 is 0 Å². The molecule has 1 atom stereocenters. The van der Waals surface area contributed by atoms with Crippen LogP contribution in [0.4, 0.5) is 0 Å². The molecule has 0 aliphatic rings. The van der Waals surface area contributed by atoms with E-state index in [1.54, 1.807) is 25.1 Å². The summed E-state index contributed by atoms with van der Waals surface area (Å²) in [4.78, 5) is 24.4. The summed E-state index contributed by atoms with van der Waals surface area (Å²) in [7, 11) is 0. The zero-order valence-electron chi connectivity index (χ0n) is 11.9. The van der Waals surface area contributed by atoms with Gasteiger partial charge >= 0.3 is 5.97 Å². The van der Waals surface area contributed by atoms with Crippen molar-refractivity contribution in [3.8, 4) is 0 Å². The Morgan fingerprint density at radius 1 is 1.18 bits per heavy atom. The van der Waals surface area contributed by atoms with Crippen molar-refractivity contribution >= 4 is 43.6 Å². The van der Waals surface area contributed by atoms with Crippen molar-refractivity contribution in [1.29, 1.82) is 0 Å². The second-order valence-electron chi connectivity index (χ2n) is 5.14. The van der Waals surface area contributed by atoms with E-state index in [-0.39, 0.29) is 5.56 Å². The molecule has 1 unspecified atom stereocenters. The number of pyridine rings is 1. The molecule has 3 aromatic rings. The van der Waals surface area contributed by atoms with Gasteiger partial charge in [-0.15, -0.1) is 0 Å². The van der Waals surface area contributed by atoms with E-state index in [1.165, 1.54) is 4.57 Å². The zero-order chi connectivity index (χ0) is 15.9. The number of hydrogen-bond donors (Lipinski definition) is 1. The summed E-state index contributed by atoms with van der Waals surface area (Å²) in [6.07, 6.45) is 0.346. The SMILES string of the molecule is CCC(C(=O)O)n1c(=O)c2ccccc2c2cc(Br)ccc21. The lowest BCUT2D eigenvalue weighted by molar-refractivity contribution is -0.140. The first kappa shape index (κ1) is 14.8. The fraction of sp³-hybridized carbons (Fsp3) is 0.176. The number of hydrogen-bond acceptors (Lipinski definition) is 2. The lowest BCUT2D eigenvalue weighted by Gasteiger charge is -2.18. The lowest BCUT2D eigenvalue weighted by atomic mass is 10.0. The summed E-state index contributed by atoms with van der Waals surface area (Å²) < 4.78 is 2.28. The van der Waals surface area contributed by atoms with Gasteiger partial charge in [-0.2, -0.15) is 0 Å². The summed E-state index contributed by atoms with van der Waals surface area (Å²) in [5, 5.41) is 11.7. The van der Waals surface area contributed by atoms with E-state index in [0.29, 0.717) is 17.3 Å². The van der Waals surface area contributed by atoms with E-state index in [1.807, 2.05) is 24.3 Å². The van der Waals surface area contributed by atoms with Gasteiger partial charge in [-0.3, -0.25) is 9.36 Å². The topological polar surface area (TPSA) is 59.3 Å². The third-order valence-electron chi connectivity index (χ3n) is 3.87. The molecule has 0 saturated heterocycles. The van der Waals surface area contributed by atoms with Gasteiger partial charge in [0.15, 0.2) is 0 Å². The van der Waals surface area contributed by atoms with Crippen LogP contribution in [-0.2, 0) is 4.79 Å². The number of rotatable bonds is 3. The molecule has 112 valence electrons.